The molecule has 5 rings (SSSR count). The molecule has 0 saturated carbocycles. The molecule has 7 heteroatoms. The van der Waals surface area contributed by atoms with Gasteiger partial charge in [0.2, 0.25) is 5.16 Å². The molecule has 0 N–H and O–H groups in total. The minimum atomic E-state index is 0.746. The molecule has 3 aromatic heterocycles. The van der Waals surface area contributed by atoms with Gasteiger partial charge in [0.1, 0.15) is 0 Å². The molecule has 0 atom stereocenters. The Morgan fingerprint density at radius 3 is 2.92 bits per heavy atom. The largest absolute Gasteiger partial charge is 0.288 e. The average Bonchev–Trinajstić information content (AvgIpc) is 3.32. The molecule has 1 aromatic carbocycles. The summed E-state index contributed by atoms with van der Waals surface area (Å²) in [6.45, 7) is 2.70. The van der Waals surface area contributed by atoms with Crippen LogP contribution in [0.4, 0.5) is 0 Å². The first kappa shape index (κ1) is 15.2. The molecule has 126 valence electrons. The van der Waals surface area contributed by atoms with Crippen LogP contribution in [0.1, 0.15) is 11.3 Å². The molecule has 4 heterocycles. The minimum absolute atomic E-state index is 0.746. The smallest absolute Gasteiger partial charge is 0.217 e. The Kier molecular flexibility index (Phi) is 3.53. The molecule has 0 aliphatic carbocycles. The molecule has 0 unspecified atom stereocenters. The molecule has 4 aromatic rings. The second-order valence-corrected chi connectivity index (χ2v) is 7.10. The van der Waals surface area contributed by atoms with Crippen molar-refractivity contribution < 1.29 is 0 Å². The Balaban J connectivity index is 1.54. The van der Waals surface area contributed by atoms with Crippen LogP contribution in [0.15, 0.2) is 63.7 Å². The van der Waals surface area contributed by atoms with E-state index < -0.39 is 0 Å². The van der Waals surface area contributed by atoms with Gasteiger partial charge in [-0.25, -0.2) is 0 Å². The third kappa shape index (κ3) is 2.66. The number of aromatic nitrogens is 5. The van der Waals surface area contributed by atoms with Gasteiger partial charge in [-0.3, -0.25) is 9.98 Å². The van der Waals surface area contributed by atoms with E-state index >= 15 is 0 Å². The van der Waals surface area contributed by atoms with Crippen LogP contribution < -0.4 is 0 Å². The highest BCUT2D eigenvalue weighted by Crippen LogP contribution is 2.29. The van der Waals surface area contributed by atoms with Crippen LogP contribution in [0.5, 0.6) is 0 Å². The lowest BCUT2D eigenvalue weighted by Gasteiger charge is -2.05. The highest BCUT2D eigenvalue weighted by atomic mass is 32.2. The summed E-state index contributed by atoms with van der Waals surface area (Å²) in [4.78, 5) is 9.89. The second kappa shape index (κ2) is 6.03. The third-order valence-corrected chi connectivity index (χ3v) is 5.14. The normalized spacial score (nSPS) is 13.7. The lowest BCUT2D eigenvalue weighted by Crippen LogP contribution is -1.95. The quantitative estimate of drug-likeness (QED) is 0.560. The summed E-state index contributed by atoms with van der Waals surface area (Å²) in [5.41, 5.74) is 4.86. The monoisotopic (exact) mass is 358 g/mol. The zero-order valence-corrected chi connectivity index (χ0v) is 14.8. The van der Waals surface area contributed by atoms with Crippen molar-refractivity contribution in [2.24, 2.45) is 4.99 Å². The molecule has 0 fully saturated rings. The van der Waals surface area contributed by atoms with Crippen molar-refractivity contribution in [1.29, 1.82) is 0 Å². The molecule has 1 aliphatic rings. The highest BCUT2D eigenvalue weighted by molar-refractivity contribution is 7.99. The number of benzene rings is 1. The van der Waals surface area contributed by atoms with E-state index in [2.05, 4.69) is 43.5 Å². The fraction of sp³-hybridized carbons (Fsp3) is 0.105. The lowest BCUT2D eigenvalue weighted by atomic mass is 10.1. The second-order valence-electron chi connectivity index (χ2n) is 6.06. The zero-order valence-electron chi connectivity index (χ0n) is 14.0. The number of pyridine rings is 1. The van der Waals surface area contributed by atoms with E-state index in [0.717, 1.165) is 50.0 Å². The lowest BCUT2D eigenvalue weighted by molar-refractivity contribution is 0.792. The summed E-state index contributed by atoms with van der Waals surface area (Å²) < 4.78 is 1.78. The molecule has 0 radical (unpaired) electrons. The molecular weight excluding hydrogens is 344 g/mol. The minimum Gasteiger partial charge on any atom is -0.288 e. The van der Waals surface area contributed by atoms with Crippen LogP contribution in [0.3, 0.4) is 0 Å². The highest BCUT2D eigenvalue weighted by Gasteiger charge is 2.10. The van der Waals surface area contributed by atoms with Gasteiger partial charge in [0.15, 0.2) is 5.65 Å². The fourth-order valence-electron chi connectivity index (χ4n) is 2.91. The predicted molar refractivity (Wildman–Crippen MR) is 103 cm³/mol. The maximum atomic E-state index is 4.57. The van der Waals surface area contributed by atoms with E-state index in [0.29, 0.717) is 0 Å². The molecule has 0 amide bonds. The first-order chi connectivity index (χ1) is 12.8. The number of fused-ring (bicyclic) bond motifs is 2. The Morgan fingerprint density at radius 2 is 2.04 bits per heavy atom. The summed E-state index contributed by atoms with van der Waals surface area (Å²) in [7, 11) is 0. The third-order valence-electron chi connectivity index (χ3n) is 4.21. The van der Waals surface area contributed by atoms with E-state index in [-0.39, 0.29) is 0 Å². The first-order valence-corrected chi connectivity index (χ1v) is 9.05. The van der Waals surface area contributed by atoms with Gasteiger partial charge in [0, 0.05) is 28.3 Å². The van der Waals surface area contributed by atoms with Crippen LogP contribution in [0.2, 0.25) is 0 Å². The Morgan fingerprint density at radius 1 is 1.08 bits per heavy atom. The Bertz CT molecular complexity index is 1210. The van der Waals surface area contributed by atoms with Crippen molar-refractivity contribution >= 4 is 40.1 Å². The standard InChI is InChI=1S/C19H14N6S/c1-12-2-5-18-22-23-19(25(18)24-12)26-16-3-4-17-14(9-16)8-15(11-21-17)13-6-7-20-10-13/h2-6,8-11H,7H2,1H3. The molecule has 0 bridgehead atoms. The molecule has 1 aliphatic heterocycles. The van der Waals surface area contributed by atoms with E-state index in [1.807, 2.05) is 43.6 Å². The van der Waals surface area contributed by atoms with Crippen molar-refractivity contribution in [3.63, 3.8) is 0 Å². The predicted octanol–water partition coefficient (Wildman–Crippen LogP) is 3.60. The van der Waals surface area contributed by atoms with Gasteiger partial charge in [-0.05, 0) is 60.7 Å². The summed E-state index contributed by atoms with van der Waals surface area (Å²) in [6, 6.07) is 12.2. The number of hydrogen-bond acceptors (Lipinski definition) is 6. The van der Waals surface area contributed by atoms with Gasteiger partial charge in [0.05, 0.1) is 17.8 Å². The van der Waals surface area contributed by atoms with Gasteiger partial charge >= 0.3 is 0 Å². The summed E-state index contributed by atoms with van der Waals surface area (Å²) in [5, 5.41) is 14.8. The maximum absolute atomic E-state index is 4.57. The van der Waals surface area contributed by atoms with Crippen molar-refractivity contribution in [2.75, 3.05) is 6.54 Å². The van der Waals surface area contributed by atoms with Crippen LogP contribution in [0.25, 0.3) is 22.1 Å². The summed E-state index contributed by atoms with van der Waals surface area (Å²) >= 11 is 1.54. The van der Waals surface area contributed by atoms with E-state index in [1.165, 1.54) is 0 Å². The van der Waals surface area contributed by atoms with E-state index in [1.54, 1.807) is 16.3 Å². The molecule has 0 saturated heterocycles. The van der Waals surface area contributed by atoms with Gasteiger partial charge in [0.25, 0.3) is 0 Å². The first-order valence-electron chi connectivity index (χ1n) is 8.23. The number of hydrogen-bond donors (Lipinski definition) is 0. The Labute approximate surface area is 153 Å². The number of allylic oxidation sites excluding steroid dienone is 1. The van der Waals surface area contributed by atoms with Gasteiger partial charge in [-0.2, -0.15) is 9.61 Å². The van der Waals surface area contributed by atoms with E-state index in [4.69, 9.17) is 0 Å². The number of nitrogens with zero attached hydrogens (tertiary/aromatic N) is 6. The zero-order chi connectivity index (χ0) is 17.5. The van der Waals surface area contributed by atoms with Crippen LogP contribution in [-0.2, 0) is 0 Å². The topological polar surface area (TPSA) is 68.3 Å². The molecular formula is C19H14N6S. The fourth-order valence-corrected chi connectivity index (χ4v) is 3.74. The average molecular weight is 358 g/mol. The number of aryl methyl sites for hydroxylation is 1. The van der Waals surface area contributed by atoms with Crippen molar-refractivity contribution in [3.05, 3.63) is 59.9 Å². The molecule has 0 spiro atoms. The maximum Gasteiger partial charge on any atom is 0.217 e. The van der Waals surface area contributed by atoms with Crippen molar-refractivity contribution in [2.45, 2.75) is 17.0 Å². The van der Waals surface area contributed by atoms with Crippen molar-refractivity contribution in [1.82, 2.24) is 24.8 Å². The van der Waals surface area contributed by atoms with E-state index in [9.17, 15) is 0 Å². The van der Waals surface area contributed by atoms with Crippen LogP contribution in [-0.4, -0.2) is 37.6 Å². The number of aliphatic imine (C=N–C) groups is 1. The van der Waals surface area contributed by atoms with Crippen LogP contribution in [0, 0.1) is 6.92 Å². The van der Waals surface area contributed by atoms with Gasteiger partial charge < -0.3 is 0 Å². The van der Waals surface area contributed by atoms with Gasteiger partial charge in [-0.15, -0.1) is 10.2 Å². The van der Waals surface area contributed by atoms with Crippen molar-refractivity contribution in [3.8, 4) is 0 Å². The number of rotatable bonds is 3. The summed E-state index contributed by atoms with van der Waals surface area (Å²) in [6.07, 6.45) is 5.91. The Hall–Kier alpha value is -3.06. The van der Waals surface area contributed by atoms with Gasteiger partial charge in [-0.1, -0.05) is 6.08 Å². The SMILES string of the molecule is Cc1ccc2nnc(Sc3ccc4ncc(C5=CCN=C5)cc4c3)n2n1. The summed E-state index contributed by atoms with van der Waals surface area (Å²) in [5.74, 6) is 0. The molecule has 26 heavy (non-hydrogen) atoms. The van der Waals surface area contributed by atoms with Crippen LogP contribution >= 0.6 is 11.8 Å². The molecule has 6 nitrogen and oxygen atoms in total.